The van der Waals surface area contributed by atoms with E-state index in [-0.39, 0.29) is 18.4 Å². The Morgan fingerprint density at radius 1 is 1.15 bits per heavy atom. The number of piperidine rings is 1. The van der Waals surface area contributed by atoms with Gasteiger partial charge in [0.05, 0.1) is 17.6 Å². The SMILES string of the molecule is O=C(COCc1ccccc1)N1CCC[C@H](c2nc3ccccc3[nH]2)C1. The number of aromatic nitrogens is 2. The van der Waals surface area contributed by atoms with Crippen LogP contribution in [0.4, 0.5) is 0 Å². The number of nitrogens with one attached hydrogen (secondary N) is 1. The molecule has 5 nitrogen and oxygen atoms in total. The molecule has 1 fully saturated rings. The van der Waals surface area contributed by atoms with Crippen molar-refractivity contribution in [3.63, 3.8) is 0 Å². The van der Waals surface area contributed by atoms with E-state index in [9.17, 15) is 4.79 Å². The van der Waals surface area contributed by atoms with E-state index >= 15 is 0 Å². The monoisotopic (exact) mass is 349 g/mol. The molecule has 2 heterocycles. The molecule has 3 aromatic rings. The average Bonchev–Trinajstić information content (AvgIpc) is 3.13. The smallest absolute Gasteiger partial charge is 0.248 e. The van der Waals surface area contributed by atoms with Gasteiger partial charge in [-0.1, -0.05) is 42.5 Å². The van der Waals surface area contributed by atoms with Crippen molar-refractivity contribution in [1.29, 1.82) is 0 Å². The summed E-state index contributed by atoms with van der Waals surface area (Å²) in [6.07, 6.45) is 2.04. The van der Waals surface area contributed by atoms with E-state index < -0.39 is 0 Å². The number of amides is 1. The van der Waals surface area contributed by atoms with Crippen LogP contribution in [0.3, 0.4) is 0 Å². The van der Waals surface area contributed by atoms with Gasteiger partial charge in [-0.25, -0.2) is 4.98 Å². The van der Waals surface area contributed by atoms with Crippen LogP contribution in [-0.4, -0.2) is 40.5 Å². The van der Waals surface area contributed by atoms with Gasteiger partial charge in [0.15, 0.2) is 0 Å². The Kier molecular flexibility index (Phi) is 4.97. The van der Waals surface area contributed by atoms with Gasteiger partial charge in [-0.15, -0.1) is 0 Å². The van der Waals surface area contributed by atoms with Crippen molar-refractivity contribution in [3.8, 4) is 0 Å². The number of carbonyl (C=O) groups excluding carboxylic acids is 1. The summed E-state index contributed by atoms with van der Waals surface area (Å²) in [6.45, 7) is 2.09. The Morgan fingerprint density at radius 2 is 1.96 bits per heavy atom. The molecule has 1 saturated heterocycles. The molecule has 26 heavy (non-hydrogen) atoms. The van der Waals surface area contributed by atoms with Gasteiger partial charge in [0.2, 0.25) is 5.91 Å². The first-order valence-electron chi connectivity index (χ1n) is 9.14. The van der Waals surface area contributed by atoms with Crippen molar-refractivity contribution in [2.45, 2.75) is 25.4 Å². The minimum atomic E-state index is 0.0572. The highest BCUT2D eigenvalue weighted by Crippen LogP contribution is 2.26. The molecule has 4 rings (SSSR count). The highest BCUT2D eigenvalue weighted by molar-refractivity contribution is 5.78. The topological polar surface area (TPSA) is 58.2 Å². The predicted octanol–water partition coefficient (Wildman–Crippen LogP) is 3.49. The fraction of sp³-hybridized carbons (Fsp3) is 0.333. The largest absolute Gasteiger partial charge is 0.367 e. The number of hydrogen-bond donors (Lipinski definition) is 1. The van der Waals surface area contributed by atoms with Crippen LogP contribution in [0.25, 0.3) is 11.0 Å². The number of H-pyrrole nitrogens is 1. The molecule has 0 bridgehead atoms. The van der Waals surface area contributed by atoms with Gasteiger partial charge in [-0.2, -0.15) is 0 Å². The molecular formula is C21H23N3O2. The van der Waals surface area contributed by atoms with E-state index in [1.807, 2.05) is 59.5 Å². The lowest BCUT2D eigenvalue weighted by Crippen LogP contribution is -2.41. The van der Waals surface area contributed by atoms with Gasteiger partial charge in [-0.05, 0) is 30.5 Å². The highest BCUT2D eigenvalue weighted by Gasteiger charge is 2.26. The second-order valence-corrected chi connectivity index (χ2v) is 6.80. The van der Waals surface area contributed by atoms with Gasteiger partial charge >= 0.3 is 0 Å². The van der Waals surface area contributed by atoms with Gasteiger partial charge in [-0.3, -0.25) is 4.79 Å². The third-order valence-electron chi connectivity index (χ3n) is 4.91. The number of aromatic amines is 1. The number of likely N-dealkylation sites (tertiary alicyclic amines) is 1. The van der Waals surface area contributed by atoms with E-state index in [1.165, 1.54) is 0 Å². The summed E-state index contributed by atoms with van der Waals surface area (Å²) in [7, 11) is 0. The first-order valence-corrected chi connectivity index (χ1v) is 9.14. The molecule has 2 aromatic carbocycles. The number of carbonyl (C=O) groups is 1. The molecule has 0 spiro atoms. The van der Waals surface area contributed by atoms with Crippen LogP contribution in [0.2, 0.25) is 0 Å². The standard InChI is InChI=1S/C21H23N3O2/c25-20(15-26-14-16-7-2-1-3-8-16)24-12-6-9-17(13-24)21-22-18-10-4-5-11-19(18)23-21/h1-5,7-8,10-11,17H,6,9,12-15H2,(H,22,23)/t17-/m0/s1. The van der Waals surface area contributed by atoms with Crippen LogP contribution in [-0.2, 0) is 16.1 Å². The summed E-state index contributed by atoms with van der Waals surface area (Å²) in [5.74, 6) is 1.30. The first kappa shape index (κ1) is 16.8. The van der Waals surface area contributed by atoms with Gasteiger partial charge in [0.1, 0.15) is 12.4 Å². The number of nitrogens with zero attached hydrogens (tertiary/aromatic N) is 2. The fourth-order valence-electron chi connectivity index (χ4n) is 3.51. The minimum Gasteiger partial charge on any atom is -0.367 e. The molecule has 1 aliphatic rings. The molecule has 1 aromatic heterocycles. The molecular weight excluding hydrogens is 326 g/mol. The second kappa shape index (κ2) is 7.70. The molecule has 1 atom stereocenters. The minimum absolute atomic E-state index is 0.0572. The van der Waals surface area contributed by atoms with E-state index in [2.05, 4.69) is 4.98 Å². The Morgan fingerprint density at radius 3 is 2.81 bits per heavy atom. The van der Waals surface area contributed by atoms with Crippen LogP contribution in [0.5, 0.6) is 0 Å². The number of rotatable bonds is 5. The molecule has 1 amide bonds. The molecule has 134 valence electrons. The Bertz CT molecular complexity index is 842. The van der Waals surface area contributed by atoms with Crippen molar-refractivity contribution in [1.82, 2.24) is 14.9 Å². The summed E-state index contributed by atoms with van der Waals surface area (Å²) in [4.78, 5) is 22.5. The van der Waals surface area contributed by atoms with Gasteiger partial charge in [0.25, 0.3) is 0 Å². The number of ether oxygens (including phenoxy) is 1. The number of fused-ring (bicyclic) bond motifs is 1. The van der Waals surface area contributed by atoms with E-state index in [0.29, 0.717) is 13.2 Å². The van der Waals surface area contributed by atoms with Crippen LogP contribution in [0.1, 0.15) is 30.1 Å². The van der Waals surface area contributed by atoms with Crippen molar-refractivity contribution in [2.24, 2.45) is 0 Å². The van der Waals surface area contributed by atoms with Crippen molar-refractivity contribution in [2.75, 3.05) is 19.7 Å². The zero-order valence-electron chi connectivity index (χ0n) is 14.7. The van der Waals surface area contributed by atoms with E-state index in [4.69, 9.17) is 9.72 Å². The number of benzene rings is 2. The maximum absolute atomic E-state index is 12.5. The lowest BCUT2D eigenvalue weighted by Gasteiger charge is -2.31. The van der Waals surface area contributed by atoms with Crippen molar-refractivity contribution in [3.05, 3.63) is 66.0 Å². The number of imidazole rings is 1. The molecule has 0 aliphatic carbocycles. The quantitative estimate of drug-likeness (QED) is 0.767. The normalized spacial score (nSPS) is 17.5. The van der Waals surface area contributed by atoms with Gasteiger partial charge < -0.3 is 14.6 Å². The lowest BCUT2D eigenvalue weighted by atomic mass is 9.97. The molecule has 5 heteroatoms. The molecule has 1 aliphatic heterocycles. The molecule has 0 radical (unpaired) electrons. The third-order valence-corrected chi connectivity index (χ3v) is 4.91. The van der Waals surface area contributed by atoms with Crippen molar-refractivity contribution >= 4 is 16.9 Å². The summed E-state index contributed by atoms with van der Waals surface area (Å²) in [6, 6.07) is 18.0. The molecule has 1 N–H and O–H groups in total. The lowest BCUT2D eigenvalue weighted by molar-refractivity contribution is -0.137. The Balaban J connectivity index is 1.34. The second-order valence-electron chi connectivity index (χ2n) is 6.80. The number of para-hydroxylation sites is 2. The fourth-order valence-corrected chi connectivity index (χ4v) is 3.51. The van der Waals surface area contributed by atoms with Crippen LogP contribution < -0.4 is 0 Å². The summed E-state index contributed by atoms with van der Waals surface area (Å²) >= 11 is 0. The first-order chi connectivity index (χ1) is 12.8. The van der Waals surface area contributed by atoms with Crippen LogP contribution in [0.15, 0.2) is 54.6 Å². The van der Waals surface area contributed by atoms with Crippen molar-refractivity contribution < 1.29 is 9.53 Å². The average molecular weight is 349 g/mol. The summed E-state index contributed by atoms with van der Waals surface area (Å²) in [5, 5.41) is 0. The van der Waals surface area contributed by atoms with Crippen LogP contribution >= 0.6 is 0 Å². The maximum Gasteiger partial charge on any atom is 0.248 e. The number of hydrogen-bond acceptors (Lipinski definition) is 3. The maximum atomic E-state index is 12.5. The zero-order valence-corrected chi connectivity index (χ0v) is 14.7. The summed E-state index contributed by atoms with van der Waals surface area (Å²) < 4.78 is 5.61. The summed E-state index contributed by atoms with van der Waals surface area (Å²) in [5.41, 5.74) is 3.12. The third kappa shape index (κ3) is 3.78. The zero-order chi connectivity index (χ0) is 17.8. The van der Waals surface area contributed by atoms with E-state index in [0.717, 1.165) is 41.8 Å². The Labute approximate surface area is 153 Å². The Hall–Kier alpha value is -2.66. The van der Waals surface area contributed by atoms with Crippen LogP contribution in [0, 0.1) is 0 Å². The highest BCUT2D eigenvalue weighted by atomic mass is 16.5. The molecule has 0 unspecified atom stereocenters. The molecule has 0 saturated carbocycles. The van der Waals surface area contributed by atoms with E-state index in [1.54, 1.807) is 0 Å². The predicted molar refractivity (Wildman–Crippen MR) is 101 cm³/mol. The van der Waals surface area contributed by atoms with Gasteiger partial charge in [0, 0.05) is 19.0 Å².